The van der Waals surface area contributed by atoms with E-state index >= 15 is 0 Å². The van der Waals surface area contributed by atoms with Gasteiger partial charge in [-0.1, -0.05) is 99.5 Å². The lowest BCUT2D eigenvalue weighted by Gasteiger charge is -2.09. The van der Waals surface area contributed by atoms with Crippen molar-refractivity contribution in [1.29, 1.82) is 0 Å². The molecule has 0 aliphatic heterocycles. The van der Waals surface area contributed by atoms with Gasteiger partial charge >= 0.3 is 0 Å². The highest BCUT2D eigenvalue weighted by molar-refractivity contribution is 9.09. The lowest BCUT2D eigenvalue weighted by atomic mass is 10.0. The number of pyridine rings is 1. The maximum absolute atomic E-state index is 3.67. The van der Waals surface area contributed by atoms with E-state index in [0.717, 1.165) is 5.33 Å². The summed E-state index contributed by atoms with van der Waals surface area (Å²) in [7, 11) is 0. The van der Waals surface area contributed by atoms with E-state index in [2.05, 4.69) is 58.0 Å². The third kappa shape index (κ3) is 12.5. The van der Waals surface area contributed by atoms with Gasteiger partial charge in [0.2, 0.25) is 0 Å². The molecule has 1 heterocycles. The molecule has 1 atom stereocenters. The van der Waals surface area contributed by atoms with Crippen molar-refractivity contribution in [2.45, 2.75) is 96.4 Å². The van der Waals surface area contributed by atoms with Gasteiger partial charge < -0.3 is 17.0 Å². The van der Waals surface area contributed by atoms with E-state index < -0.39 is 0 Å². The van der Waals surface area contributed by atoms with Crippen LogP contribution >= 0.6 is 15.9 Å². The second-order valence-electron chi connectivity index (χ2n) is 6.81. The quantitative estimate of drug-likeness (QED) is 0.210. The second kappa shape index (κ2) is 17.9. The topological polar surface area (TPSA) is 3.88 Å². The van der Waals surface area contributed by atoms with Crippen LogP contribution in [0.1, 0.15) is 96.4 Å². The van der Waals surface area contributed by atoms with Gasteiger partial charge in [-0.2, -0.15) is 0 Å². The van der Waals surface area contributed by atoms with Crippen LogP contribution in [0.5, 0.6) is 0 Å². The molecule has 24 heavy (non-hydrogen) atoms. The monoisotopic (exact) mass is 461 g/mol. The van der Waals surface area contributed by atoms with Crippen molar-refractivity contribution in [1.82, 2.24) is 0 Å². The average molecular weight is 463 g/mol. The van der Waals surface area contributed by atoms with Gasteiger partial charge in [0, 0.05) is 18.6 Å². The normalized spacial score (nSPS) is 11.9. The molecule has 3 heteroatoms. The van der Waals surface area contributed by atoms with Crippen LogP contribution in [0.4, 0.5) is 0 Å². The van der Waals surface area contributed by atoms with Gasteiger partial charge in [0.05, 0.1) is 5.33 Å². The minimum Gasteiger partial charge on any atom is -1.00 e. The first kappa shape index (κ1) is 24.1. The summed E-state index contributed by atoms with van der Waals surface area (Å²) in [6, 6.07) is 6.95. The molecule has 1 nitrogen and oxygen atoms in total. The fraction of sp³-hybridized carbons (Fsp3) is 0.762. The summed E-state index contributed by atoms with van der Waals surface area (Å²) in [4.78, 5) is 0. The summed E-state index contributed by atoms with van der Waals surface area (Å²) in [5.74, 6) is 0. The molecule has 0 aromatic carbocycles. The minimum absolute atomic E-state index is 0. The molecule has 0 saturated carbocycles. The number of nitrogens with zero attached hydrogens (tertiary/aromatic N) is 1. The number of hydrogen-bond acceptors (Lipinski definition) is 0. The van der Waals surface area contributed by atoms with E-state index in [9.17, 15) is 0 Å². The largest absolute Gasteiger partial charge is 1.00 e. The van der Waals surface area contributed by atoms with Gasteiger partial charge in [-0.25, -0.2) is 4.57 Å². The Bertz CT molecular complexity index is 356. The molecule has 0 N–H and O–H groups in total. The van der Waals surface area contributed by atoms with E-state index in [0.29, 0.717) is 6.04 Å². The van der Waals surface area contributed by atoms with E-state index in [-0.39, 0.29) is 17.0 Å². The van der Waals surface area contributed by atoms with Crippen molar-refractivity contribution in [2.75, 3.05) is 5.33 Å². The van der Waals surface area contributed by atoms with Crippen molar-refractivity contribution in [3.8, 4) is 0 Å². The van der Waals surface area contributed by atoms with Crippen molar-refractivity contribution >= 4 is 15.9 Å². The lowest BCUT2D eigenvalue weighted by molar-refractivity contribution is -0.719. The third-order valence-electron chi connectivity index (χ3n) is 4.73. The fourth-order valence-corrected chi connectivity index (χ4v) is 3.84. The molecule has 1 rings (SSSR count). The highest BCUT2D eigenvalue weighted by Crippen LogP contribution is 2.15. The molecule has 1 unspecified atom stereocenters. The van der Waals surface area contributed by atoms with Gasteiger partial charge in [0.15, 0.2) is 18.4 Å². The van der Waals surface area contributed by atoms with Gasteiger partial charge in [0.25, 0.3) is 0 Å². The Morgan fingerprint density at radius 1 is 0.708 bits per heavy atom. The maximum Gasteiger partial charge on any atom is 0.169 e. The van der Waals surface area contributed by atoms with Crippen LogP contribution in [0.25, 0.3) is 0 Å². The molecule has 0 spiro atoms. The van der Waals surface area contributed by atoms with Crippen LogP contribution in [0.2, 0.25) is 0 Å². The predicted octanol–water partition coefficient (Wildman–Crippen LogP) is 4.01. The van der Waals surface area contributed by atoms with Gasteiger partial charge in [0.1, 0.15) is 0 Å². The number of halogens is 2. The first-order chi connectivity index (χ1) is 11.4. The number of unbranched alkanes of at least 4 members (excludes halogenated alkanes) is 11. The highest BCUT2D eigenvalue weighted by atomic mass is 79.9. The SMILES string of the molecule is CCCCCCCCCCCCCCC(CBr)[n+]1ccccc1.[Br-]. The third-order valence-corrected chi connectivity index (χ3v) is 5.48. The molecule has 140 valence electrons. The minimum atomic E-state index is 0. The summed E-state index contributed by atoms with van der Waals surface area (Å²) in [5.41, 5.74) is 0. The Hall–Kier alpha value is 0.110. The van der Waals surface area contributed by atoms with Crippen LogP contribution in [-0.4, -0.2) is 5.33 Å². The molecule has 1 aromatic heterocycles. The zero-order chi connectivity index (χ0) is 16.6. The van der Waals surface area contributed by atoms with Crippen LogP contribution in [0.3, 0.4) is 0 Å². The molecule has 0 radical (unpaired) electrons. The van der Waals surface area contributed by atoms with Crippen molar-refractivity contribution in [3.05, 3.63) is 30.6 Å². The van der Waals surface area contributed by atoms with Crippen molar-refractivity contribution in [2.24, 2.45) is 0 Å². The summed E-state index contributed by atoms with van der Waals surface area (Å²) in [5, 5.41) is 1.06. The molecular weight excluding hydrogens is 426 g/mol. The van der Waals surface area contributed by atoms with Gasteiger partial charge in [-0.05, 0) is 6.42 Å². The zero-order valence-corrected chi connectivity index (χ0v) is 18.7. The molecule has 0 amide bonds. The number of rotatable bonds is 15. The van der Waals surface area contributed by atoms with Crippen LogP contribution in [-0.2, 0) is 0 Å². The maximum atomic E-state index is 3.67. The molecule has 0 aliphatic carbocycles. The number of alkyl halides is 1. The fourth-order valence-electron chi connectivity index (χ4n) is 3.18. The summed E-state index contributed by atoms with van der Waals surface area (Å²) < 4.78 is 2.34. The summed E-state index contributed by atoms with van der Waals surface area (Å²) >= 11 is 3.67. The van der Waals surface area contributed by atoms with Gasteiger partial charge in [-0.15, -0.1) is 0 Å². The Kier molecular flexibility index (Phi) is 18.0. The Balaban J connectivity index is 0.00000529. The van der Waals surface area contributed by atoms with E-state index in [4.69, 9.17) is 0 Å². The zero-order valence-electron chi connectivity index (χ0n) is 15.6. The van der Waals surface area contributed by atoms with E-state index in [1.54, 1.807) is 0 Å². The highest BCUT2D eigenvalue weighted by Gasteiger charge is 2.15. The molecular formula is C21H37Br2N. The average Bonchev–Trinajstić information content (AvgIpc) is 2.60. The Morgan fingerprint density at radius 3 is 1.62 bits per heavy atom. The van der Waals surface area contributed by atoms with Crippen molar-refractivity contribution < 1.29 is 21.5 Å². The number of hydrogen-bond donors (Lipinski definition) is 0. The van der Waals surface area contributed by atoms with Gasteiger partial charge in [-0.3, -0.25) is 0 Å². The second-order valence-corrected chi connectivity index (χ2v) is 7.46. The standard InChI is InChI=1S/C21H37BrN.BrH/c1-2-3-4-5-6-7-8-9-10-11-12-14-17-21(20-22)23-18-15-13-16-19-23;/h13,15-16,18-19,21H,2-12,14,17,20H2,1H3;1H/q+1;/p-1. The summed E-state index contributed by atoms with van der Waals surface area (Å²) in [6.07, 6.45) is 22.8. The predicted molar refractivity (Wildman–Crippen MR) is 105 cm³/mol. The first-order valence-electron chi connectivity index (χ1n) is 9.90. The lowest BCUT2D eigenvalue weighted by Crippen LogP contribution is -3.00. The Labute approximate surface area is 169 Å². The molecule has 0 aliphatic rings. The van der Waals surface area contributed by atoms with Crippen LogP contribution < -0.4 is 21.5 Å². The Morgan fingerprint density at radius 2 is 1.17 bits per heavy atom. The summed E-state index contributed by atoms with van der Waals surface area (Å²) in [6.45, 7) is 2.29. The van der Waals surface area contributed by atoms with Crippen LogP contribution in [0.15, 0.2) is 30.6 Å². The smallest absolute Gasteiger partial charge is 0.169 e. The first-order valence-corrected chi connectivity index (χ1v) is 11.0. The molecule has 1 aromatic rings. The van der Waals surface area contributed by atoms with Crippen molar-refractivity contribution in [3.63, 3.8) is 0 Å². The molecule has 0 saturated heterocycles. The van der Waals surface area contributed by atoms with E-state index in [1.165, 1.54) is 83.5 Å². The van der Waals surface area contributed by atoms with E-state index in [1.807, 2.05) is 0 Å². The molecule has 0 bridgehead atoms. The van der Waals surface area contributed by atoms with Crippen LogP contribution in [0, 0.1) is 0 Å². The molecule has 0 fully saturated rings. The number of aromatic nitrogens is 1.